The standard InChI is InChI=1S/C17H17NO3/c1-20-15-8-6-13(7-9-15)17(19)10-11-18-14-4-3-5-16(12-14)21-2/h3-12,18H,1-2H3/b11-10+. The smallest absolute Gasteiger partial charge is 0.187 e. The van der Waals surface area contributed by atoms with Crippen LogP contribution in [0.3, 0.4) is 0 Å². The van der Waals surface area contributed by atoms with Gasteiger partial charge in [0.1, 0.15) is 11.5 Å². The molecule has 21 heavy (non-hydrogen) atoms. The molecular formula is C17H17NO3. The molecule has 2 rings (SSSR count). The Morgan fingerprint density at radius 2 is 1.71 bits per heavy atom. The van der Waals surface area contributed by atoms with Crippen molar-refractivity contribution in [2.24, 2.45) is 0 Å². The monoisotopic (exact) mass is 283 g/mol. The average molecular weight is 283 g/mol. The van der Waals surface area contributed by atoms with E-state index in [1.54, 1.807) is 44.7 Å². The quantitative estimate of drug-likeness (QED) is 0.651. The summed E-state index contributed by atoms with van der Waals surface area (Å²) in [6.07, 6.45) is 3.10. The van der Waals surface area contributed by atoms with Crippen LogP contribution in [-0.4, -0.2) is 20.0 Å². The fourth-order valence-electron chi connectivity index (χ4n) is 1.78. The Morgan fingerprint density at radius 3 is 2.38 bits per heavy atom. The van der Waals surface area contributed by atoms with E-state index in [1.807, 2.05) is 24.3 Å². The maximum atomic E-state index is 12.0. The van der Waals surface area contributed by atoms with Crippen LogP contribution in [0.2, 0.25) is 0 Å². The second kappa shape index (κ2) is 7.14. The molecule has 0 bridgehead atoms. The van der Waals surface area contributed by atoms with E-state index in [4.69, 9.17) is 9.47 Å². The third-order valence-corrected chi connectivity index (χ3v) is 2.93. The van der Waals surface area contributed by atoms with Crippen LogP contribution in [0, 0.1) is 0 Å². The van der Waals surface area contributed by atoms with Crippen molar-refractivity contribution in [3.63, 3.8) is 0 Å². The number of allylic oxidation sites excluding steroid dienone is 1. The Morgan fingerprint density at radius 1 is 1.00 bits per heavy atom. The Balaban J connectivity index is 1.97. The first-order valence-corrected chi connectivity index (χ1v) is 6.48. The summed E-state index contributed by atoms with van der Waals surface area (Å²) in [7, 11) is 3.21. The Bertz CT molecular complexity index is 633. The van der Waals surface area contributed by atoms with E-state index in [9.17, 15) is 4.79 Å². The topological polar surface area (TPSA) is 47.6 Å². The van der Waals surface area contributed by atoms with Crippen LogP contribution in [0.1, 0.15) is 10.4 Å². The van der Waals surface area contributed by atoms with E-state index >= 15 is 0 Å². The zero-order valence-electron chi connectivity index (χ0n) is 12.0. The SMILES string of the molecule is COc1ccc(C(=O)/C=C/Nc2cccc(OC)c2)cc1. The van der Waals surface area contributed by atoms with Crippen molar-refractivity contribution in [2.75, 3.05) is 19.5 Å². The van der Waals surface area contributed by atoms with Crippen LogP contribution < -0.4 is 14.8 Å². The van der Waals surface area contributed by atoms with Crippen molar-refractivity contribution in [3.8, 4) is 11.5 Å². The lowest BCUT2D eigenvalue weighted by atomic mass is 10.1. The largest absolute Gasteiger partial charge is 0.497 e. The highest BCUT2D eigenvalue weighted by Crippen LogP contribution is 2.16. The molecule has 0 amide bonds. The predicted molar refractivity (Wildman–Crippen MR) is 83.1 cm³/mol. The number of anilines is 1. The highest BCUT2D eigenvalue weighted by atomic mass is 16.5. The molecular weight excluding hydrogens is 266 g/mol. The summed E-state index contributed by atoms with van der Waals surface area (Å²) in [5.74, 6) is 1.41. The van der Waals surface area contributed by atoms with Crippen LogP contribution in [0.15, 0.2) is 60.8 Å². The number of hydrogen-bond acceptors (Lipinski definition) is 4. The van der Waals surface area contributed by atoms with Gasteiger partial charge in [0, 0.05) is 29.6 Å². The predicted octanol–water partition coefficient (Wildman–Crippen LogP) is 3.51. The zero-order valence-corrected chi connectivity index (χ0v) is 12.0. The first-order chi connectivity index (χ1) is 10.2. The maximum absolute atomic E-state index is 12.0. The van der Waals surface area contributed by atoms with Crippen LogP contribution in [0.25, 0.3) is 0 Å². The molecule has 0 aromatic heterocycles. The molecule has 0 heterocycles. The van der Waals surface area contributed by atoms with Crippen molar-refractivity contribution < 1.29 is 14.3 Å². The Labute approximate surface area is 124 Å². The van der Waals surface area contributed by atoms with E-state index < -0.39 is 0 Å². The molecule has 1 N–H and O–H groups in total. The molecule has 0 fully saturated rings. The van der Waals surface area contributed by atoms with Gasteiger partial charge in [-0.25, -0.2) is 0 Å². The average Bonchev–Trinajstić information content (AvgIpc) is 2.55. The summed E-state index contributed by atoms with van der Waals surface area (Å²) in [6.45, 7) is 0. The molecule has 0 radical (unpaired) electrons. The lowest BCUT2D eigenvalue weighted by molar-refractivity contribution is 0.104. The number of ketones is 1. The maximum Gasteiger partial charge on any atom is 0.187 e. The van der Waals surface area contributed by atoms with Crippen LogP contribution >= 0.6 is 0 Å². The van der Waals surface area contributed by atoms with Gasteiger partial charge in [-0.2, -0.15) is 0 Å². The van der Waals surface area contributed by atoms with Gasteiger partial charge in [-0.1, -0.05) is 6.07 Å². The third-order valence-electron chi connectivity index (χ3n) is 2.93. The Hall–Kier alpha value is -2.75. The molecule has 0 spiro atoms. The van der Waals surface area contributed by atoms with Crippen molar-refractivity contribution in [1.82, 2.24) is 0 Å². The van der Waals surface area contributed by atoms with Gasteiger partial charge < -0.3 is 14.8 Å². The number of hydrogen-bond donors (Lipinski definition) is 1. The van der Waals surface area contributed by atoms with Gasteiger partial charge in [-0.15, -0.1) is 0 Å². The molecule has 0 aliphatic rings. The fourth-order valence-corrected chi connectivity index (χ4v) is 1.78. The van der Waals surface area contributed by atoms with E-state index in [2.05, 4.69) is 5.32 Å². The number of carbonyl (C=O) groups is 1. The van der Waals surface area contributed by atoms with E-state index in [0.29, 0.717) is 5.56 Å². The lowest BCUT2D eigenvalue weighted by Crippen LogP contribution is -1.96. The van der Waals surface area contributed by atoms with Crippen molar-refractivity contribution in [1.29, 1.82) is 0 Å². The van der Waals surface area contributed by atoms with Gasteiger partial charge in [0.25, 0.3) is 0 Å². The lowest BCUT2D eigenvalue weighted by Gasteiger charge is -2.03. The minimum Gasteiger partial charge on any atom is -0.497 e. The summed E-state index contributed by atoms with van der Waals surface area (Å²) in [4.78, 5) is 12.0. The summed E-state index contributed by atoms with van der Waals surface area (Å²) >= 11 is 0. The van der Waals surface area contributed by atoms with Crippen LogP contribution in [0.4, 0.5) is 5.69 Å². The number of carbonyl (C=O) groups excluding carboxylic acids is 1. The molecule has 0 saturated heterocycles. The van der Waals surface area contributed by atoms with Crippen LogP contribution in [-0.2, 0) is 0 Å². The van der Waals surface area contributed by atoms with Gasteiger partial charge in [-0.3, -0.25) is 4.79 Å². The fraction of sp³-hybridized carbons (Fsp3) is 0.118. The van der Waals surface area contributed by atoms with E-state index in [1.165, 1.54) is 6.08 Å². The third kappa shape index (κ3) is 4.11. The van der Waals surface area contributed by atoms with E-state index in [0.717, 1.165) is 17.2 Å². The summed E-state index contributed by atoms with van der Waals surface area (Å²) in [5, 5.41) is 3.04. The second-order valence-corrected chi connectivity index (χ2v) is 4.30. The molecule has 108 valence electrons. The Kier molecular flexibility index (Phi) is 4.99. The normalized spacial score (nSPS) is 10.4. The number of benzene rings is 2. The first-order valence-electron chi connectivity index (χ1n) is 6.48. The number of methoxy groups -OCH3 is 2. The van der Waals surface area contributed by atoms with Crippen molar-refractivity contribution >= 4 is 11.5 Å². The summed E-state index contributed by atoms with van der Waals surface area (Å²) < 4.78 is 10.2. The van der Waals surface area contributed by atoms with Crippen LogP contribution in [0.5, 0.6) is 11.5 Å². The first kappa shape index (κ1) is 14.7. The number of rotatable bonds is 6. The van der Waals surface area contributed by atoms with E-state index in [-0.39, 0.29) is 5.78 Å². The number of nitrogens with one attached hydrogen (secondary N) is 1. The number of ether oxygens (including phenoxy) is 2. The van der Waals surface area contributed by atoms with Gasteiger partial charge in [0.05, 0.1) is 14.2 Å². The minimum atomic E-state index is -0.0759. The molecule has 0 atom stereocenters. The molecule has 2 aromatic carbocycles. The highest BCUT2D eigenvalue weighted by Gasteiger charge is 2.01. The molecule has 0 aliphatic heterocycles. The molecule has 0 saturated carbocycles. The van der Waals surface area contributed by atoms with Gasteiger partial charge >= 0.3 is 0 Å². The molecule has 4 nitrogen and oxygen atoms in total. The zero-order chi connectivity index (χ0) is 15.1. The molecule has 0 aliphatic carbocycles. The molecule has 4 heteroatoms. The summed E-state index contributed by atoms with van der Waals surface area (Å²) in [5.41, 5.74) is 1.47. The van der Waals surface area contributed by atoms with Gasteiger partial charge in [-0.05, 0) is 36.4 Å². The van der Waals surface area contributed by atoms with Gasteiger partial charge in [0.2, 0.25) is 0 Å². The second-order valence-electron chi connectivity index (χ2n) is 4.30. The molecule has 0 unspecified atom stereocenters. The molecule has 2 aromatic rings. The van der Waals surface area contributed by atoms with Crippen molar-refractivity contribution in [2.45, 2.75) is 0 Å². The van der Waals surface area contributed by atoms with Gasteiger partial charge in [0.15, 0.2) is 5.78 Å². The minimum absolute atomic E-state index is 0.0759. The summed E-state index contributed by atoms with van der Waals surface area (Å²) in [6, 6.07) is 14.5. The highest BCUT2D eigenvalue weighted by molar-refractivity contribution is 6.04. The van der Waals surface area contributed by atoms with Crippen molar-refractivity contribution in [3.05, 3.63) is 66.4 Å².